The Balaban J connectivity index is 1.81. The fraction of sp³-hybridized carbons (Fsp3) is 0.526. The summed E-state index contributed by atoms with van der Waals surface area (Å²) in [5.74, 6) is 0.743. The average molecular weight is 330 g/mol. The third-order valence-electron chi connectivity index (χ3n) is 4.84. The van der Waals surface area contributed by atoms with Gasteiger partial charge in [-0.1, -0.05) is 0 Å². The van der Waals surface area contributed by atoms with E-state index in [1.165, 1.54) is 0 Å². The minimum Gasteiger partial charge on any atom is -0.497 e. The van der Waals surface area contributed by atoms with Crippen LogP contribution in [-0.4, -0.2) is 42.3 Å². The Labute approximate surface area is 142 Å². The molecule has 1 N–H and O–H groups in total. The van der Waals surface area contributed by atoms with Crippen LogP contribution in [0.4, 0.5) is 0 Å². The summed E-state index contributed by atoms with van der Waals surface area (Å²) < 4.78 is 11.0. The van der Waals surface area contributed by atoms with E-state index >= 15 is 0 Å². The molecule has 1 aliphatic rings. The number of pyridine rings is 1. The van der Waals surface area contributed by atoms with Crippen molar-refractivity contribution < 1.29 is 9.47 Å². The first-order chi connectivity index (χ1) is 11.4. The topological polar surface area (TPSA) is 54.6 Å². The van der Waals surface area contributed by atoms with Crippen LogP contribution in [0.2, 0.25) is 0 Å². The number of fused-ring (bicyclic) bond motifs is 1. The summed E-state index contributed by atoms with van der Waals surface area (Å²) in [5, 5.41) is 1.02. The van der Waals surface area contributed by atoms with E-state index in [1.54, 1.807) is 7.11 Å². The fourth-order valence-electron chi connectivity index (χ4n) is 3.44. The number of nitrogens with one attached hydrogen (secondary N) is 1. The molecular formula is C19H26N2O3. The summed E-state index contributed by atoms with van der Waals surface area (Å²) in [6, 6.07) is 8.15. The SMILES string of the molecule is COc1ccc2cc(CN(C)[C@@H]3CCOC(C)(C)C3)c(=O)[nH]c2c1. The lowest BCUT2D eigenvalue weighted by Crippen LogP contribution is -2.44. The van der Waals surface area contributed by atoms with Gasteiger partial charge < -0.3 is 14.5 Å². The van der Waals surface area contributed by atoms with Crippen LogP contribution in [0, 0.1) is 0 Å². The molecule has 0 aliphatic carbocycles. The molecule has 1 atom stereocenters. The largest absolute Gasteiger partial charge is 0.497 e. The molecule has 1 fully saturated rings. The van der Waals surface area contributed by atoms with Crippen LogP contribution in [0.25, 0.3) is 10.9 Å². The maximum absolute atomic E-state index is 12.4. The molecule has 5 heteroatoms. The van der Waals surface area contributed by atoms with E-state index in [0.717, 1.165) is 41.7 Å². The second kappa shape index (κ2) is 6.57. The van der Waals surface area contributed by atoms with E-state index in [0.29, 0.717) is 12.6 Å². The van der Waals surface area contributed by atoms with Crippen molar-refractivity contribution in [2.75, 3.05) is 20.8 Å². The van der Waals surface area contributed by atoms with E-state index in [1.807, 2.05) is 24.3 Å². The van der Waals surface area contributed by atoms with E-state index in [9.17, 15) is 4.79 Å². The van der Waals surface area contributed by atoms with Gasteiger partial charge in [0.1, 0.15) is 5.75 Å². The van der Waals surface area contributed by atoms with Crippen molar-refractivity contribution in [3.05, 3.63) is 40.2 Å². The van der Waals surface area contributed by atoms with Crippen molar-refractivity contribution in [3.63, 3.8) is 0 Å². The Morgan fingerprint density at radius 2 is 2.17 bits per heavy atom. The van der Waals surface area contributed by atoms with Crippen molar-refractivity contribution in [1.82, 2.24) is 9.88 Å². The minimum absolute atomic E-state index is 0.0334. The molecule has 0 bridgehead atoms. The molecule has 0 amide bonds. The van der Waals surface area contributed by atoms with Gasteiger partial charge in [-0.25, -0.2) is 0 Å². The van der Waals surface area contributed by atoms with E-state index in [4.69, 9.17) is 9.47 Å². The lowest BCUT2D eigenvalue weighted by Gasteiger charge is -2.39. The third kappa shape index (κ3) is 3.62. The Morgan fingerprint density at radius 3 is 2.88 bits per heavy atom. The highest BCUT2D eigenvalue weighted by molar-refractivity contribution is 5.80. The highest BCUT2D eigenvalue weighted by atomic mass is 16.5. The standard InChI is InChI=1S/C19H26N2O3/c1-19(2)11-15(7-8-24-19)21(3)12-14-9-13-5-6-16(23-4)10-17(13)20-18(14)22/h5-6,9-10,15H,7-8,11-12H2,1-4H3,(H,20,22)/t15-/m1/s1. The average Bonchev–Trinajstić information content (AvgIpc) is 2.54. The summed E-state index contributed by atoms with van der Waals surface area (Å²) in [6.45, 7) is 5.67. The van der Waals surface area contributed by atoms with Crippen LogP contribution >= 0.6 is 0 Å². The highest BCUT2D eigenvalue weighted by Gasteiger charge is 2.31. The number of nitrogens with zero attached hydrogens (tertiary/aromatic N) is 1. The Bertz CT molecular complexity index is 782. The molecule has 0 unspecified atom stereocenters. The molecule has 2 heterocycles. The second-order valence-electron chi connectivity index (χ2n) is 7.25. The summed E-state index contributed by atoms with van der Waals surface area (Å²) in [5.41, 5.74) is 1.47. The lowest BCUT2D eigenvalue weighted by atomic mass is 9.93. The first kappa shape index (κ1) is 17.0. The number of rotatable bonds is 4. The van der Waals surface area contributed by atoms with Crippen LogP contribution in [0.3, 0.4) is 0 Å². The Morgan fingerprint density at radius 1 is 1.38 bits per heavy atom. The number of ether oxygens (including phenoxy) is 2. The van der Waals surface area contributed by atoms with Gasteiger partial charge in [-0.05, 0) is 57.3 Å². The van der Waals surface area contributed by atoms with Gasteiger partial charge in [0.15, 0.2) is 0 Å². The predicted octanol–water partition coefficient (Wildman–Crippen LogP) is 2.93. The molecule has 3 rings (SSSR count). The lowest BCUT2D eigenvalue weighted by molar-refractivity contribution is -0.0809. The van der Waals surface area contributed by atoms with Gasteiger partial charge in [-0.2, -0.15) is 0 Å². The summed E-state index contributed by atoms with van der Waals surface area (Å²) in [4.78, 5) is 17.7. The molecule has 2 aromatic rings. The number of methoxy groups -OCH3 is 1. The minimum atomic E-state index is -0.0937. The molecule has 1 aromatic heterocycles. The van der Waals surface area contributed by atoms with Gasteiger partial charge in [0, 0.05) is 30.8 Å². The molecular weight excluding hydrogens is 304 g/mol. The Hall–Kier alpha value is -1.85. The number of hydrogen-bond acceptors (Lipinski definition) is 4. The van der Waals surface area contributed by atoms with Crippen molar-refractivity contribution in [1.29, 1.82) is 0 Å². The molecule has 0 radical (unpaired) electrons. The van der Waals surface area contributed by atoms with Crippen LogP contribution in [0.5, 0.6) is 5.75 Å². The molecule has 130 valence electrons. The van der Waals surface area contributed by atoms with Gasteiger partial charge in [0.2, 0.25) is 0 Å². The number of benzene rings is 1. The molecule has 1 aromatic carbocycles. The third-order valence-corrected chi connectivity index (χ3v) is 4.84. The molecule has 0 saturated carbocycles. The zero-order valence-corrected chi connectivity index (χ0v) is 14.9. The Kier molecular flexibility index (Phi) is 4.65. The normalized spacial score (nSPS) is 20.5. The summed E-state index contributed by atoms with van der Waals surface area (Å²) in [7, 11) is 3.71. The van der Waals surface area contributed by atoms with Gasteiger partial charge in [0.05, 0.1) is 18.2 Å². The maximum Gasteiger partial charge on any atom is 0.252 e. The smallest absolute Gasteiger partial charge is 0.252 e. The maximum atomic E-state index is 12.4. The molecule has 24 heavy (non-hydrogen) atoms. The zero-order valence-electron chi connectivity index (χ0n) is 14.9. The molecule has 1 aliphatic heterocycles. The monoisotopic (exact) mass is 330 g/mol. The first-order valence-corrected chi connectivity index (χ1v) is 8.42. The van der Waals surface area contributed by atoms with Gasteiger partial charge in [0.25, 0.3) is 5.56 Å². The van der Waals surface area contributed by atoms with Gasteiger partial charge in [-0.3, -0.25) is 9.69 Å². The summed E-state index contributed by atoms with van der Waals surface area (Å²) >= 11 is 0. The molecule has 0 spiro atoms. The van der Waals surface area contributed by atoms with E-state index in [-0.39, 0.29) is 11.2 Å². The van der Waals surface area contributed by atoms with E-state index in [2.05, 4.69) is 30.8 Å². The summed E-state index contributed by atoms with van der Waals surface area (Å²) in [6.07, 6.45) is 1.98. The quantitative estimate of drug-likeness (QED) is 0.936. The number of aromatic nitrogens is 1. The van der Waals surface area contributed by atoms with Gasteiger partial charge >= 0.3 is 0 Å². The van der Waals surface area contributed by atoms with Gasteiger partial charge in [-0.15, -0.1) is 0 Å². The van der Waals surface area contributed by atoms with Crippen LogP contribution < -0.4 is 10.3 Å². The fourth-order valence-corrected chi connectivity index (χ4v) is 3.44. The number of H-pyrrole nitrogens is 1. The van der Waals surface area contributed by atoms with Crippen molar-refractivity contribution >= 4 is 10.9 Å². The van der Waals surface area contributed by atoms with Crippen molar-refractivity contribution in [3.8, 4) is 5.75 Å². The predicted molar refractivity (Wildman–Crippen MR) is 95.6 cm³/mol. The number of aromatic amines is 1. The van der Waals surface area contributed by atoms with Crippen LogP contribution in [0.1, 0.15) is 32.3 Å². The van der Waals surface area contributed by atoms with Crippen LogP contribution in [0.15, 0.2) is 29.1 Å². The molecule has 5 nitrogen and oxygen atoms in total. The first-order valence-electron chi connectivity index (χ1n) is 8.42. The van der Waals surface area contributed by atoms with Crippen LogP contribution in [-0.2, 0) is 11.3 Å². The van der Waals surface area contributed by atoms with Crippen molar-refractivity contribution in [2.24, 2.45) is 0 Å². The second-order valence-corrected chi connectivity index (χ2v) is 7.25. The highest BCUT2D eigenvalue weighted by Crippen LogP contribution is 2.27. The van der Waals surface area contributed by atoms with E-state index < -0.39 is 0 Å². The molecule has 1 saturated heterocycles. The zero-order chi connectivity index (χ0) is 17.3. The van der Waals surface area contributed by atoms with Crippen molar-refractivity contribution in [2.45, 2.75) is 44.9 Å². The number of hydrogen-bond donors (Lipinski definition) is 1.